The van der Waals surface area contributed by atoms with Crippen molar-refractivity contribution in [2.75, 3.05) is 33.3 Å². The quantitative estimate of drug-likeness (QED) is 0.774. The maximum atomic E-state index is 13.3. The van der Waals surface area contributed by atoms with Gasteiger partial charge in [-0.3, -0.25) is 4.79 Å². The zero-order valence-electron chi connectivity index (χ0n) is 16.1. The Morgan fingerprint density at radius 2 is 2.04 bits per heavy atom. The Hall–Kier alpha value is -2.08. The summed E-state index contributed by atoms with van der Waals surface area (Å²) in [6.45, 7) is 7.95. The summed E-state index contributed by atoms with van der Waals surface area (Å²) in [5, 5.41) is 0. The second-order valence-electron chi connectivity index (χ2n) is 7.45. The highest BCUT2D eigenvalue weighted by Gasteiger charge is 2.44. The first-order valence-electron chi connectivity index (χ1n) is 9.31. The number of carbonyl (C=O) groups excluding carboxylic acids is 2. The highest BCUT2D eigenvalue weighted by molar-refractivity contribution is 5.99. The standard InChI is InChI=1S/C20H28N2O4/c1-5-25-19(24)15(3)22-13-20(8-10-21(4)11-9-20)26-17-7-6-14(2)12-16(17)18(22)23/h6-7,12,15H,5,8-11,13H2,1-4H3. The van der Waals surface area contributed by atoms with Crippen molar-refractivity contribution < 1.29 is 19.1 Å². The first kappa shape index (κ1) is 18.7. The van der Waals surface area contributed by atoms with Crippen LogP contribution in [-0.4, -0.2) is 66.6 Å². The van der Waals surface area contributed by atoms with Crippen molar-refractivity contribution in [3.8, 4) is 5.75 Å². The normalized spacial score (nSPS) is 20.9. The van der Waals surface area contributed by atoms with E-state index in [0.29, 0.717) is 24.5 Å². The summed E-state index contributed by atoms with van der Waals surface area (Å²) in [7, 11) is 2.09. The van der Waals surface area contributed by atoms with Gasteiger partial charge in [-0.05, 0) is 40.0 Å². The van der Waals surface area contributed by atoms with E-state index in [9.17, 15) is 9.59 Å². The van der Waals surface area contributed by atoms with Crippen LogP contribution in [0.4, 0.5) is 0 Å². The van der Waals surface area contributed by atoms with Gasteiger partial charge in [0.2, 0.25) is 0 Å². The van der Waals surface area contributed by atoms with Gasteiger partial charge in [-0.1, -0.05) is 11.6 Å². The molecule has 6 heteroatoms. The number of carbonyl (C=O) groups is 2. The number of benzene rings is 1. The Morgan fingerprint density at radius 1 is 1.35 bits per heavy atom. The number of piperidine rings is 1. The predicted molar refractivity (Wildman–Crippen MR) is 98.4 cm³/mol. The topological polar surface area (TPSA) is 59.1 Å². The number of amides is 1. The lowest BCUT2D eigenvalue weighted by molar-refractivity contribution is -0.148. The number of fused-ring (bicyclic) bond motifs is 1. The number of esters is 1. The van der Waals surface area contributed by atoms with E-state index < -0.39 is 11.6 Å². The summed E-state index contributed by atoms with van der Waals surface area (Å²) in [5.41, 5.74) is 1.05. The van der Waals surface area contributed by atoms with E-state index in [2.05, 4.69) is 11.9 Å². The van der Waals surface area contributed by atoms with Gasteiger partial charge in [-0.15, -0.1) is 0 Å². The largest absolute Gasteiger partial charge is 0.484 e. The van der Waals surface area contributed by atoms with Crippen LogP contribution >= 0.6 is 0 Å². The van der Waals surface area contributed by atoms with Crippen LogP contribution in [0.3, 0.4) is 0 Å². The fourth-order valence-electron chi connectivity index (χ4n) is 3.69. The van der Waals surface area contributed by atoms with Crippen LogP contribution in [0.25, 0.3) is 0 Å². The van der Waals surface area contributed by atoms with Crippen molar-refractivity contribution in [1.29, 1.82) is 0 Å². The van der Waals surface area contributed by atoms with Crippen molar-refractivity contribution in [2.24, 2.45) is 0 Å². The SMILES string of the molecule is CCOC(=O)C(C)N1CC2(CCN(C)CC2)Oc2ccc(C)cc2C1=O. The molecule has 2 heterocycles. The molecule has 1 aromatic carbocycles. The number of hydrogen-bond acceptors (Lipinski definition) is 5. The van der Waals surface area contributed by atoms with Crippen molar-refractivity contribution in [3.05, 3.63) is 29.3 Å². The highest BCUT2D eigenvalue weighted by atomic mass is 16.5. The maximum absolute atomic E-state index is 13.3. The second kappa shape index (κ2) is 7.27. The predicted octanol–water partition coefficient (Wildman–Crippen LogP) is 2.25. The molecular formula is C20H28N2O4. The minimum atomic E-state index is -0.644. The Morgan fingerprint density at radius 3 is 2.69 bits per heavy atom. The number of likely N-dealkylation sites (tertiary alicyclic amines) is 1. The molecule has 0 radical (unpaired) electrons. The average Bonchev–Trinajstić information content (AvgIpc) is 2.73. The van der Waals surface area contributed by atoms with Crippen molar-refractivity contribution in [3.63, 3.8) is 0 Å². The van der Waals surface area contributed by atoms with Crippen molar-refractivity contribution in [2.45, 2.75) is 45.3 Å². The molecule has 1 aromatic rings. The first-order valence-corrected chi connectivity index (χ1v) is 9.31. The van der Waals surface area contributed by atoms with Gasteiger partial charge in [0.1, 0.15) is 17.4 Å². The molecule has 6 nitrogen and oxygen atoms in total. The third-order valence-corrected chi connectivity index (χ3v) is 5.40. The van der Waals surface area contributed by atoms with Crippen LogP contribution in [-0.2, 0) is 9.53 Å². The molecule has 0 aromatic heterocycles. The molecule has 0 aliphatic carbocycles. The molecule has 1 saturated heterocycles. The van der Waals surface area contributed by atoms with Crippen LogP contribution in [0.5, 0.6) is 5.75 Å². The monoisotopic (exact) mass is 360 g/mol. The van der Waals surface area contributed by atoms with Gasteiger partial charge in [0.25, 0.3) is 5.91 Å². The molecule has 1 unspecified atom stereocenters. The number of aryl methyl sites for hydroxylation is 1. The Balaban J connectivity index is 2.00. The molecule has 26 heavy (non-hydrogen) atoms. The molecule has 1 fully saturated rings. The smallest absolute Gasteiger partial charge is 0.328 e. The number of hydrogen-bond donors (Lipinski definition) is 0. The summed E-state index contributed by atoms with van der Waals surface area (Å²) in [4.78, 5) is 29.5. The van der Waals surface area contributed by atoms with Gasteiger partial charge in [-0.25, -0.2) is 4.79 Å². The van der Waals surface area contributed by atoms with Gasteiger partial charge in [-0.2, -0.15) is 0 Å². The van der Waals surface area contributed by atoms with Crippen molar-refractivity contribution >= 4 is 11.9 Å². The fraction of sp³-hybridized carbons (Fsp3) is 0.600. The molecule has 142 valence electrons. The Kier molecular flexibility index (Phi) is 5.23. The number of ether oxygens (including phenoxy) is 2. The number of nitrogens with zero attached hydrogens (tertiary/aromatic N) is 2. The van der Waals surface area contributed by atoms with Crippen LogP contribution in [0.15, 0.2) is 18.2 Å². The summed E-state index contributed by atoms with van der Waals surface area (Å²) in [5.74, 6) is 0.0730. The van der Waals surface area contributed by atoms with Crippen LogP contribution in [0.1, 0.15) is 42.6 Å². The third-order valence-electron chi connectivity index (χ3n) is 5.40. The summed E-state index contributed by atoms with van der Waals surface area (Å²) < 4.78 is 11.6. The van der Waals surface area contributed by atoms with E-state index >= 15 is 0 Å². The van der Waals surface area contributed by atoms with E-state index in [1.54, 1.807) is 18.7 Å². The molecule has 0 saturated carbocycles. The van der Waals surface area contributed by atoms with Gasteiger partial charge >= 0.3 is 5.97 Å². The van der Waals surface area contributed by atoms with Gasteiger partial charge in [0, 0.05) is 25.9 Å². The molecular weight excluding hydrogens is 332 g/mol. The van der Waals surface area contributed by atoms with Gasteiger partial charge in [0.15, 0.2) is 0 Å². The first-order chi connectivity index (χ1) is 12.3. The van der Waals surface area contributed by atoms with Gasteiger partial charge < -0.3 is 19.3 Å². The minimum Gasteiger partial charge on any atom is -0.484 e. The molecule has 0 bridgehead atoms. The summed E-state index contributed by atoms with van der Waals surface area (Å²) in [6.07, 6.45) is 1.63. The second-order valence-corrected chi connectivity index (χ2v) is 7.45. The van der Waals surface area contributed by atoms with E-state index in [1.165, 1.54) is 0 Å². The highest BCUT2D eigenvalue weighted by Crippen LogP contribution is 2.36. The maximum Gasteiger partial charge on any atom is 0.328 e. The van der Waals surface area contributed by atoms with Crippen molar-refractivity contribution in [1.82, 2.24) is 9.80 Å². The summed E-state index contributed by atoms with van der Waals surface area (Å²) in [6, 6.07) is 5.03. The molecule has 2 aliphatic heterocycles. The molecule has 1 spiro atoms. The molecule has 0 N–H and O–H groups in total. The van der Waals surface area contributed by atoms with E-state index in [0.717, 1.165) is 31.5 Å². The van der Waals surface area contributed by atoms with Crippen LogP contribution in [0.2, 0.25) is 0 Å². The van der Waals surface area contributed by atoms with Crippen LogP contribution < -0.4 is 4.74 Å². The molecule has 3 rings (SSSR count). The Labute approximate surface area is 155 Å². The van der Waals surface area contributed by atoms with E-state index in [4.69, 9.17) is 9.47 Å². The van der Waals surface area contributed by atoms with E-state index in [1.807, 2.05) is 25.1 Å². The van der Waals surface area contributed by atoms with E-state index in [-0.39, 0.29) is 11.9 Å². The lowest BCUT2D eigenvalue weighted by Crippen LogP contribution is -2.56. The molecule has 2 aliphatic rings. The summed E-state index contributed by atoms with van der Waals surface area (Å²) >= 11 is 0. The molecule has 1 atom stereocenters. The van der Waals surface area contributed by atoms with Gasteiger partial charge in [0.05, 0.1) is 18.7 Å². The lowest BCUT2D eigenvalue weighted by Gasteiger charge is -2.42. The number of rotatable bonds is 3. The van der Waals surface area contributed by atoms with Crippen LogP contribution in [0, 0.1) is 6.92 Å². The average molecular weight is 360 g/mol. The lowest BCUT2D eigenvalue weighted by atomic mass is 9.90. The zero-order valence-corrected chi connectivity index (χ0v) is 16.1. The Bertz CT molecular complexity index is 695. The third kappa shape index (κ3) is 3.56. The molecule has 1 amide bonds. The minimum absolute atomic E-state index is 0.167. The fourth-order valence-corrected chi connectivity index (χ4v) is 3.69. The zero-order chi connectivity index (χ0) is 18.9.